The number of nitrogens with one attached hydrogen (secondary N) is 1. The van der Waals surface area contributed by atoms with Crippen molar-refractivity contribution in [3.8, 4) is 5.88 Å². The molecule has 0 bridgehead atoms. The Morgan fingerprint density at radius 2 is 2.06 bits per heavy atom. The minimum atomic E-state index is 0.547. The maximum absolute atomic E-state index is 5.87. The Bertz CT molecular complexity index is 542. The molecule has 0 saturated carbocycles. The van der Waals surface area contributed by atoms with E-state index in [4.69, 9.17) is 10.5 Å². The Morgan fingerprint density at radius 3 is 2.78 bits per heavy atom. The van der Waals surface area contributed by atoms with E-state index in [1.807, 2.05) is 31.2 Å². The van der Waals surface area contributed by atoms with Crippen molar-refractivity contribution in [3.63, 3.8) is 0 Å². The molecule has 3 N–H and O–H groups in total. The van der Waals surface area contributed by atoms with Crippen LogP contribution in [0, 0.1) is 6.92 Å². The molecule has 0 aliphatic carbocycles. The Balaban J connectivity index is 2.11. The van der Waals surface area contributed by atoms with Crippen LogP contribution in [0.25, 0.3) is 0 Å². The van der Waals surface area contributed by atoms with Gasteiger partial charge in [-0.15, -0.1) is 0 Å². The van der Waals surface area contributed by atoms with Crippen LogP contribution in [0.3, 0.4) is 0 Å². The van der Waals surface area contributed by atoms with Crippen molar-refractivity contribution in [1.82, 2.24) is 9.97 Å². The fourth-order valence-corrected chi connectivity index (χ4v) is 1.62. The number of hydrogen-bond donors (Lipinski definition) is 2. The number of nitrogens with zero attached hydrogens (tertiary/aromatic N) is 2. The minimum absolute atomic E-state index is 0.547. The highest BCUT2D eigenvalue weighted by Gasteiger charge is 2.03. The van der Waals surface area contributed by atoms with Crippen molar-refractivity contribution in [3.05, 3.63) is 41.7 Å². The van der Waals surface area contributed by atoms with E-state index < -0.39 is 0 Å². The third-order valence-corrected chi connectivity index (χ3v) is 2.54. The molecule has 2 rings (SSSR count). The van der Waals surface area contributed by atoms with Gasteiger partial charge in [0.1, 0.15) is 11.6 Å². The normalized spacial score (nSPS) is 10.1. The number of benzene rings is 1. The summed E-state index contributed by atoms with van der Waals surface area (Å²) >= 11 is 0. The van der Waals surface area contributed by atoms with E-state index in [9.17, 15) is 0 Å². The molecule has 0 aliphatic rings. The Labute approximate surface area is 106 Å². The average molecular weight is 244 g/mol. The standard InChI is InChI=1S/C13H16N4O/c1-9-16-12(7-13(17-9)18-2)15-8-10-5-3-4-6-11(10)14/h3-7H,8,14H2,1-2H3,(H,15,16,17). The lowest BCUT2D eigenvalue weighted by Crippen LogP contribution is -2.05. The van der Waals surface area contributed by atoms with Gasteiger partial charge in [-0.25, -0.2) is 4.98 Å². The van der Waals surface area contributed by atoms with Gasteiger partial charge < -0.3 is 15.8 Å². The summed E-state index contributed by atoms with van der Waals surface area (Å²) in [5.74, 6) is 1.94. The van der Waals surface area contributed by atoms with Crippen molar-refractivity contribution >= 4 is 11.5 Å². The smallest absolute Gasteiger partial charge is 0.218 e. The number of hydrogen-bond acceptors (Lipinski definition) is 5. The van der Waals surface area contributed by atoms with E-state index in [0.717, 1.165) is 17.1 Å². The Morgan fingerprint density at radius 1 is 1.28 bits per heavy atom. The zero-order valence-electron chi connectivity index (χ0n) is 10.5. The van der Waals surface area contributed by atoms with Crippen LogP contribution in [0.1, 0.15) is 11.4 Å². The van der Waals surface area contributed by atoms with Gasteiger partial charge >= 0.3 is 0 Å². The van der Waals surface area contributed by atoms with Crippen molar-refractivity contribution in [2.24, 2.45) is 0 Å². The molecule has 0 spiro atoms. The molecule has 1 aromatic heterocycles. The molecule has 0 saturated heterocycles. The molecule has 2 aromatic rings. The lowest BCUT2D eigenvalue weighted by molar-refractivity contribution is 0.396. The molecular weight excluding hydrogens is 228 g/mol. The summed E-state index contributed by atoms with van der Waals surface area (Å²) in [4.78, 5) is 8.41. The van der Waals surface area contributed by atoms with Crippen LogP contribution in [0.2, 0.25) is 0 Å². The lowest BCUT2D eigenvalue weighted by Gasteiger charge is -2.09. The van der Waals surface area contributed by atoms with Gasteiger partial charge in [-0.1, -0.05) is 18.2 Å². The number of nitrogens with two attached hydrogens (primary N) is 1. The number of anilines is 2. The molecule has 0 unspecified atom stereocenters. The molecule has 0 amide bonds. The fraction of sp³-hybridized carbons (Fsp3) is 0.231. The predicted molar refractivity (Wildman–Crippen MR) is 71.5 cm³/mol. The van der Waals surface area contributed by atoms with Gasteiger partial charge in [-0.2, -0.15) is 4.98 Å². The Kier molecular flexibility index (Phi) is 3.62. The van der Waals surface area contributed by atoms with Gasteiger partial charge in [-0.3, -0.25) is 0 Å². The molecule has 5 nitrogen and oxygen atoms in total. The predicted octanol–water partition coefficient (Wildman–Crippen LogP) is 1.99. The molecule has 0 atom stereocenters. The van der Waals surface area contributed by atoms with E-state index in [1.165, 1.54) is 0 Å². The molecule has 94 valence electrons. The molecule has 0 aliphatic heterocycles. The Hall–Kier alpha value is -2.30. The van der Waals surface area contributed by atoms with Crippen LogP contribution in [0.4, 0.5) is 11.5 Å². The number of para-hydroxylation sites is 1. The third-order valence-electron chi connectivity index (χ3n) is 2.54. The van der Waals surface area contributed by atoms with Gasteiger partial charge in [-0.05, 0) is 18.6 Å². The first-order chi connectivity index (χ1) is 8.69. The van der Waals surface area contributed by atoms with E-state index in [0.29, 0.717) is 18.2 Å². The molecular formula is C13H16N4O. The zero-order valence-corrected chi connectivity index (χ0v) is 10.5. The summed E-state index contributed by atoms with van der Waals surface area (Å²) in [7, 11) is 1.58. The first-order valence-electron chi connectivity index (χ1n) is 5.66. The van der Waals surface area contributed by atoms with Crippen LogP contribution in [0.15, 0.2) is 30.3 Å². The van der Waals surface area contributed by atoms with Gasteiger partial charge in [0, 0.05) is 18.3 Å². The van der Waals surface area contributed by atoms with Crippen molar-refractivity contribution in [2.75, 3.05) is 18.2 Å². The van der Waals surface area contributed by atoms with Gasteiger partial charge in [0.05, 0.1) is 7.11 Å². The summed E-state index contributed by atoms with van der Waals surface area (Å²) in [6.45, 7) is 2.44. The highest BCUT2D eigenvalue weighted by atomic mass is 16.5. The van der Waals surface area contributed by atoms with E-state index in [-0.39, 0.29) is 0 Å². The first kappa shape index (κ1) is 12.2. The van der Waals surface area contributed by atoms with Gasteiger partial charge in [0.25, 0.3) is 0 Å². The summed E-state index contributed by atoms with van der Waals surface area (Å²) in [6.07, 6.45) is 0. The molecule has 0 fully saturated rings. The quantitative estimate of drug-likeness (QED) is 0.805. The van der Waals surface area contributed by atoms with Gasteiger partial charge in [0.2, 0.25) is 5.88 Å². The number of ether oxygens (including phenoxy) is 1. The molecule has 1 heterocycles. The van der Waals surface area contributed by atoms with Gasteiger partial charge in [0.15, 0.2) is 0 Å². The summed E-state index contributed by atoms with van der Waals surface area (Å²) in [6, 6.07) is 9.48. The van der Waals surface area contributed by atoms with Crippen LogP contribution < -0.4 is 15.8 Å². The lowest BCUT2D eigenvalue weighted by atomic mass is 10.2. The van der Waals surface area contributed by atoms with Crippen LogP contribution >= 0.6 is 0 Å². The molecule has 5 heteroatoms. The first-order valence-corrected chi connectivity index (χ1v) is 5.66. The average Bonchev–Trinajstić information content (AvgIpc) is 2.37. The molecule has 0 radical (unpaired) electrons. The third kappa shape index (κ3) is 2.88. The van der Waals surface area contributed by atoms with Crippen LogP contribution in [-0.4, -0.2) is 17.1 Å². The largest absolute Gasteiger partial charge is 0.481 e. The number of aromatic nitrogens is 2. The summed E-state index contributed by atoms with van der Waals surface area (Å²) in [5, 5.41) is 3.21. The van der Waals surface area contributed by atoms with E-state index in [2.05, 4.69) is 15.3 Å². The highest BCUT2D eigenvalue weighted by Crippen LogP contribution is 2.16. The van der Waals surface area contributed by atoms with E-state index in [1.54, 1.807) is 13.2 Å². The van der Waals surface area contributed by atoms with Crippen LogP contribution in [0.5, 0.6) is 5.88 Å². The maximum atomic E-state index is 5.87. The van der Waals surface area contributed by atoms with Crippen molar-refractivity contribution in [2.45, 2.75) is 13.5 Å². The van der Waals surface area contributed by atoms with Crippen molar-refractivity contribution in [1.29, 1.82) is 0 Å². The second-order valence-electron chi connectivity index (χ2n) is 3.90. The number of nitrogen functional groups attached to an aromatic ring is 1. The van der Waals surface area contributed by atoms with Crippen LogP contribution in [-0.2, 0) is 6.54 Å². The maximum Gasteiger partial charge on any atom is 0.218 e. The highest BCUT2D eigenvalue weighted by molar-refractivity contribution is 5.49. The topological polar surface area (TPSA) is 73.1 Å². The number of aryl methyl sites for hydroxylation is 1. The second kappa shape index (κ2) is 5.35. The fourth-order valence-electron chi connectivity index (χ4n) is 1.62. The molecule has 18 heavy (non-hydrogen) atoms. The summed E-state index contributed by atoms with van der Waals surface area (Å²) < 4.78 is 5.10. The monoisotopic (exact) mass is 244 g/mol. The number of rotatable bonds is 4. The second-order valence-corrected chi connectivity index (χ2v) is 3.90. The zero-order chi connectivity index (χ0) is 13.0. The number of methoxy groups -OCH3 is 1. The molecule has 1 aromatic carbocycles. The summed E-state index contributed by atoms with van der Waals surface area (Å²) in [5.41, 5.74) is 7.67. The van der Waals surface area contributed by atoms with E-state index >= 15 is 0 Å². The SMILES string of the molecule is COc1cc(NCc2ccccc2N)nc(C)n1. The van der Waals surface area contributed by atoms with Crippen molar-refractivity contribution < 1.29 is 4.74 Å². The minimum Gasteiger partial charge on any atom is -0.481 e.